The normalized spacial score (nSPS) is 26.1. The smallest absolute Gasteiger partial charge is 0.166 e. The summed E-state index contributed by atoms with van der Waals surface area (Å²) in [5.41, 5.74) is 0.301. The Hall–Kier alpha value is -0.260. The monoisotopic (exact) mass is 326 g/mol. The minimum Gasteiger partial charge on any atom is -0.166 e. The summed E-state index contributed by atoms with van der Waals surface area (Å²) < 4.78 is 37.9. The van der Waals surface area contributed by atoms with E-state index >= 15 is 0 Å². The summed E-state index contributed by atoms with van der Waals surface area (Å²) in [7, 11) is 0. The maximum absolute atomic E-state index is 12.4. The van der Waals surface area contributed by atoms with Crippen molar-refractivity contribution in [3.8, 4) is 0 Å². The molecule has 0 heterocycles. The maximum atomic E-state index is 12.4. The molecule has 0 amide bonds. The Morgan fingerprint density at radius 2 is 1.87 bits per heavy atom. The van der Waals surface area contributed by atoms with Gasteiger partial charge in [-0.25, -0.2) is 0 Å². The second kappa shape index (κ2) is 3.96. The van der Waals surface area contributed by atoms with Crippen molar-refractivity contribution < 1.29 is 13.2 Å². The second-order valence-corrected chi connectivity index (χ2v) is 5.65. The molecule has 1 aromatic carbocycles. The van der Waals surface area contributed by atoms with Gasteiger partial charge in [0, 0.05) is 3.92 Å². The molecule has 1 saturated carbocycles. The highest BCUT2D eigenvalue weighted by molar-refractivity contribution is 14.1. The molecular formula is C11H10F3I. The first-order valence-corrected chi connectivity index (χ1v) is 6.02. The van der Waals surface area contributed by atoms with E-state index in [0.29, 0.717) is 9.84 Å². The molecule has 0 radical (unpaired) electrons. The second-order valence-electron chi connectivity index (χ2n) is 3.89. The van der Waals surface area contributed by atoms with Gasteiger partial charge in [0.05, 0.1) is 5.56 Å². The summed E-state index contributed by atoms with van der Waals surface area (Å²) in [5.74, 6) is 0.328. The topological polar surface area (TPSA) is 0 Å². The molecule has 0 spiro atoms. The van der Waals surface area contributed by atoms with E-state index in [1.165, 1.54) is 12.1 Å². The van der Waals surface area contributed by atoms with Crippen molar-refractivity contribution in [3.05, 3.63) is 35.4 Å². The fraction of sp³-hybridized carbons (Fsp3) is 0.455. The molecule has 4 heteroatoms. The Morgan fingerprint density at radius 1 is 1.20 bits per heavy atom. The first-order valence-electron chi connectivity index (χ1n) is 4.78. The van der Waals surface area contributed by atoms with Crippen LogP contribution in [0.25, 0.3) is 0 Å². The lowest BCUT2D eigenvalue weighted by Gasteiger charge is -2.32. The largest absolute Gasteiger partial charge is 0.416 e. The standard InChI is InChI=1S/C11H10F3I/c12-11(13,14)9-3-1-2-7(4-9)8-5-10(15)6-8/h1-4,8,10H,5-6H2/t8-,10+. The van der Waals surface area contributed by atoms with Crippen LogP contribution in [0.5, 0.6) is 0 Å². The van der Waals surface area contributed by atoms with Crippen LogP contribution in [0.1, 0.15) is 29.9 Å². The predicted molar refractivity (Wildman–Crippen MR) is 61.2 cm³/mol. The molecule has 0 aromatic heterocycles. The van der Waals surface area contributed by atoms with Crippen LogP contribution in [0, 0.1) is 0 Å². The van der Waals surface area contributed by atoms with Crippen molar-refractivity contribution in [1.82, 2.24) is 0 Å². The van der Waals surface area contributed by atoms with Crippen molar-refractivity contribution in [1.29, 1.82) is 0 Å². The predicted octanol–water partition coefficient (Wildman–Crippen LogP) is 4.39. The van der Waals surface area contributed by atoms with Crippen LogP contribution in [0.15, 0.2) is 24.3 Å². The minimum absolute atomic E-state index is 0.328. The number of alkyl halides is 4. The average molecular weight is 326 g/mol. The highest BCUT2D eigenvalue weighted by Crippen LogP contribution is 2.42. The van der Waals surface area contributed by atoms with Crippen molar-refractivity contribution in [2.45, 2.75) is 28.9 Å². The van der Waals surface area contributed by atoms with E-state index in [1.54, 1.807) is 6.07 Å². The van der Waals surface area contributed by atoms with Gasteiger partial charge in [-0.1, -0.05) is 40.8 Å². The number of rotatable bonds is 1. The number of hydrogen-bond acceptors (Lipinski definition) is 0. The molecule has 0 saturated heterocycles. The summed E-state index contributed by atoms with van der Waals surface area (Å²) in [5, 5.41) is 0. The third kappa shape index (κ3) is 2.46. The van der Waals surface area contributed by atoms with Gasteiger partial charge in [0.1, 0.15) is 0 Å². The van der Waals surface area contributed by atoms with Gasteiger partial charge in [0.25, 0.3) is 0 Å². The Morgan fingerprint density at radius 3 is 2.40 bits per heavy atom. The molecular weight excluding hydrogens is 316 g/mol. The summed E-state index contributed by atoms with van der Waals surface area (Å²) in [4.78, 5) is 0. The zero-order chi connectivity index (χ0) is 11.1. The van der Waals surface area contributed by atoms with Crippen LogP contribution in [0.2, 0.25) is 0 Å². The molecule has 1 fully saturated rings. The third-order valence-electron chi connectivity index (χ3n) is 2.77. The molecule has 0 atom stereocenters. The summed E-state index contributed by atoms with van der Waals surface area (Å²) in [6, 6.07) is 5.71. The first-order chi connectivity index (χ1) is 6.97. The van der Waals surface area contributed by atoms with E-state index < -0.39 is 11.7 Å². The van der Waals surface area contributed by atoms with E-state index in [-0.39, 0.29) is 0 Å². The minimum atomic E-state index is -4.22. The third-order valence-corrected chi connectivity index (χ3v) is 3.78. The van der Waals surface area contributed by atoms with Crippen LogP contribution in [-0.2, 0) is 6.18 Å². The molecule has 1 aromatic rings. The van der Waals surface area contributed by atoms with Gasteiger partial charge in [-0.2, -0.15) is 13.2 Å². The maximum Gasteiger partial charge on any atom is 0.416 e. The van der Waals surface area contributed by atoms with Crippen LogP contribution in [0.3, 0.4) is 0 Å². The SMILES string of the molecule is FC(F)(F)c1cccc([C@H]2C[C@@H](I)C2)c1. The molecule has 1 aliphatic carbocycles. The van der Waals surface area contributed by atoms with Crippen LogP contribution < -0.4 is 0 Å². The van der Waals surface area contributed by atoms with Gasteiger partial charge in [-0.3, -0.25) is 0 Å². The molecule has 0 N–H and O–H groups in total. The van der Waals surface area contributed by atoms with Gasteiger partial charge >= 0.3 is 6.18 Å². The highest BCUT2D eigenvalue weighted by Gasteiger charge is 2.33. The van der Waals surface area contributed by atoms with Gasteiger partial charge in [-0.15, -0.1) is 0 Å². The molecule has 0 nitrogen and oxygen atoms in total. The highest BCUT2D eigenvalue weighted by atomic mass is 127. The lowest BCUT2D eigenvalue weighted by atomic mass is 9.79. The van der Waals surface area contributed by atoms with Crippen molar-refractivity contribution in [3.63, 3.8) is 0 Å². The summed E-state index contributed by atoms with van der Waals surface area (Å²) in [6.07, 6.45) is -2.22. The molecule has 1 aliphatic rings. The van der Waals surface area contributed by atoms with Crippen LogP contribution in [-0.4, -0.2) is 3.92 Å². The lowest BCUT2D eigenvalue weighted by molar-refractivity contribution is -0.137. The quantitative estimate of drug-likeness (QED) is 0.530. The fourth-order valence-electron chi connectivity index (χ4n) is 1.79. The summed E-state index contributed by atoms with van der Waals surface area (Å²) in [6.45, 7) is 0. The van der Waals surface area contributed by atoms with Gasteiger partial charge in [-0.05, 0) is 30.4 Å². The summed E-state index contributed by atoms with van der Waals surface area (Å²) >= 11 is 2.34. The molecule has 0 unspecified atom stereocenters. The number of benzene rings is 1. The van der Waals surface area contributed by atoms with Gasteiger partial charge in [0.15, 0.2) is 0 Å². The Bertz CT molecular complexity index is 353. The number of hydrogen-bond donors (Lipinski definition) is 0. The van der Waals surface area contributed by atoms with Crippen LogP contribution in [0.4, 0.5) is 13.2 Å². The fourth-order valence-corrected chi connectivity index (χ4v) is 3.02. The molecule has 82 valence electrons. The van der Waals surface area contributed by atoms with Gasteiger partial charge in [0.2, 0.25) is 0 Å². The van der Waals surface area contributed by atoms with E-state index in [9.17, 15) is 13.2 Å². The van der Waals surface area contributed by atoms with Crippen molar-refractivity contribution >= 4 is 22.6 Å². The molecule has 0 bridgehead atoms. The van der Waals surface area contributed by atoms with Crippen molar-refractivity contribution in [2.24, 2.45) is 0 Å². The first kappa shape index (κ1) is 11.2. The molecule has 15 heavy (non-hydrogen) atoms. The van der Waals surface area contributed by atoms with E-state index in [1.807, 2.05) is 0 Å². The lowest BCUT2D eigenvalue weighted by Crippen LogP contribution is -2.21. The average Bonchev–Trinajstić information content (AvgIpc) is 2.12. The zero-order valence-electron chi connectivity index (χ0n) is 7.89. The van der Waals surface area contributed by atoms with Crippen molar-refractivity contribution in [2.75, 3.05) is 0 Å². The Labute approximate surface area is 100 Å². The van der Waals surface area contributed by atoms with Crippen LogP contribution >= 0.6 is 22.6 Å². The Kier molecular flexibility index (Phi) is 2.96. The Balaban J connectivity index is 2.20. The zero-order valence-corrected chi connectivity index (χ0v) is 10.0. The molecule has 0 aliphatic heterocycles. The van der Waals surface area contributed by atoms with Gasteiger partial charge < -0.3 is 0 Å². The van der Waals surface area contributed by atoms with E-state index in [0.717, 1.165) is 24.5 Å². The number of halogens is 4. The van der Waals surface area contributed by atoms with E-state index in [4.69, 9.17) is 0 Å². The molecule has 2 rings (SSSR count). The van der Waals surface area contributed by atoms with E-state index in [2.05, 4.69) is 22.6 Å².